The highest BCUT2D eigenvalue weighted by Crippen LogP contribution is 2.22. The number of carbonyl (C=O) groups is 1. The fourth-order valence-electron chi connectivity index (χ4n) is 1.96. The number of hydrogen-bond donors (Lipinski definition) is 1. The summed E-state index contributed by atoms with van der Waals surface area (Å²) in [6.07, 6.45) is 0. The number of nitrogens with zero attached hydrogens (tertiary/aromatic N) is 1. The molecule has 1 N–H and O–H groups in total. The molecule has 2 rings (SSSR count). The summed E-state index contributed by atoms with van der Waals surface area (Å²) in [5, 5.41) is 9.17. The minimum Gasteiger partial charge on any atom is -0.394 e. The smallest absolute Gasteiger partial charge is 0.260 e. The van der Waals surface area contributed by atoms with Crippen molar-refractivity contribution in [2.45, 2.75) is 6.04 Å². The molecule has 0 aromatic heterocycles. The number of aliphatic hydroxyl groups is 1. The van der Waals surface area contributed by atoms with Gasteiger partial charge in [-0.1, -0.05) is 15.9 Å². The Hall–Kier alpha value is -1.05. The van der Waals surface area contributed by atoms with Gasteiger partial charge in [0.25, 0.3) is 5.91 Å². The van der Waals surface area contributed by atoms with Crippen molar-refractivity contribution in [3.05, 3.63) is 33.8 Å². The third-order valence-corrected chi connectivity index (χ3v) is 3.38. The van der Waals surface area contributed by atoms with Gasteiger partial charge in [-0.25, -0.2) is 8.78 Å². The first-order valence-corrected chi connectivity index (χ1v) is 6.48. The summed E-state index contributed by atoms with van der Waals surface area (Å²) in [5.74, 6) is -2.63. The second kappa shape index (κ2) is 5.94. The summed E-state index contributed by atoms with van der Waals surface area (Å²) >= 11 is 2.95. The second-order valence-corrected chi connectivity index (χ2v) is 5.07. The Bertz CT molecular complexity index is 475. The first-order chi connectivity index (χ1) is 9.04. The molecule has 1 fully saturated rings. The van der Waals surface area contributed by atoms with Crippen LogP contribution in [0.1, 0.15) is 10.4 Å². The molecule has 1 heterocycles. The summed E-state index contributed by atoms with van der Waals surface area (Å²) in [7, 11) is 0. The number of carbonyl (C=O) groups excluding carboxylic acids is 1. The van der Waals surface area contributed by atoms with Gasteiger partial charge in [0.2, 0.25) is 0 Å². The van der Waals surface area contributed by atoms with Crippen molar-refractivity contribution in [2.75, 3.05) is 26.4 Å². The average Bonchev–Trinajstić information content (AvgIpc) is 2.37. The molecule has 19 heavy (non-hydrogen) atoms. The Balaban J connectivity index is 2.33. The van der Waals surface area contributed by atoms with Crippen LogP contribution in [0.2, 0.25) is 0 Å². The van der Waals surface area contributed by atoms with Gasteiger partial charge < -0.3 is 14.7 Å². The van der Waals surface area contributed by atoms with Crippen molar-refractivity contribution in [1.29, 1.82) is 0 Å². The molecule has 0 saturated carbocycles. The standard InChI is InChI=1S/C12H12BrF2NO3/c13-7-3-9(14)11(10(15)4-7)12(18)16-1-2-19-6-8(16)5-17/h3-4,8,17H,1-2,5-6H2. The van der Waals surface area contributed by atoms with Crippen molar-refractivity contribution in [3.63, 3.8) is 0 Å². The highest BCUT2D eigenvalue weighted by molar-refractivity contribution is 9.10. The monoisotopic (exact) mass is 335 g/mol. The van der Waals surface area contributed by atoms with Crippen LogP contribution < -0.4 is 0 Å². The van der Waals surface area contributed by atoms with Crippen LogP contribution in [-0.2, 0) is 4.74 Å². The Morgan fingerprint density at radius 2 is 2.11 bits per heavy atom. The molecule has 1 aliphatic rings. The van der Waals surface area contributed by atoms with E-state index in [1.807, 2.05) is 0 Å². The Morgan fingerprint density at radius 1 is 1.47 bits per heavy atom. The molecule has 0 radical (unpaired) electrons. The SMILES string of the molecule is O=C(c1c(F)cc(Br)cc1F)N1CCOCC1CO. The van der Waals surface area contributed by atoms with Gasteiger partial charge in [-0.2, -0.15) is 0 Å². The zero-order valence-electron chi connectivity index (χ0n) is 9.91. The highest BCUT2D eigenvalue weighted by Gasteiger charge is 2.31. The van der Waals surface area contributed by atoms with Crippen LogP contribution in [0.3, 0.4) is 0 Å². The number of amides is 1. The molecule has 104 valence electrons. The maximum Gasteiger partial charge on any atom is 0.260 e. The third-order valence-electron chi connectivity index (χ3n) is 2.92. The Kier molecular flexibility index (Phi) is 4.49. The van der Waals surface area contributed by atoms with Gasteiger partial charge in [0.1, 0.15) is 17.2 Å². The van der Waals surface area contributed by atoms with Crippen molar-refractivity contribution < 1.29 is 23.4 Å². The van der Waals surface area contributed by atoms with Crippen LogP contribution in [-0.4, -0.2) is 48.3 Å². The van der Waals surface area contributed by atoms with Crippen molar-refractivity contribution in [1.82, 2.24) is 4.90 Å². The van der Waals surface area contributed by atoms with Gasteiger partial charge in [-0.05, 0) is 12.1 Å². The summed E-state index contributed by atoms with van der Waals surface area (Å²) in [6.45, 7) is 0.314. The molecule has 7 heteroatoms. The maximum absolute atomic E-state index is 13.7. The first kappa shape index (κ1) is 14.4. The zero-order chi connectivity index (χ0) is 14.0. The molecule has 0 bridgehead atoms. The van der Waals surface area contributed by atoms with Gasteiger partial charge in [-0.3, -0.25) is 4.79 Å². The van der Waals surface area contributed by atoms with Crippen LogP contribution in [0.4, 0.5) is 8.78 Å². The number of ether oxygens (including phenoxy) is 1. The van der Waals surface area contributed by atoms with Gasteiger partial charge in [-0.15, -0.1) is 0 Å². The third kappa shape index (κ3) is 2.93. The molecule has 1 atom stereocenters. The van der Waals surface area contributed by atoms with E-state index in [-0.39, 0.29) is 30.8 Å². The minimum absolute atomic E-state index is 0.155. The molecule has 1 aromatic carbocycles. The fourth-order valence-corrected chi connectivity index (χ4v) is 2.37. The Morgan fingerprint density at radius 3 is 2.68 bits per heavy atom. The molecule has 4 nitrogen and oxygen atoms in total. The van der Waals surface area contributed by atoms with Crippen molar-refractivity contribution >= 4 is 21.8 Å². The summed E-state index contributed by atoms with van der Waals surface area (Å²) in [6, 6.07) is 1.48. The zero-order valence-corrected chi connectivity index (χ0v) is 11.5. The van der Waals surface area contributed by atoms with E-state index in [9.17, 15) is 18.7 Å². The number of halogens is 3. The van der Waals surface area contributed by atoms with Crippen LogP contribution in [0.15, 0.2) is 16.6 Å². The molecule has 1 aliphatic heterocycles. The molecule has 1 aromatic rings. The van der Waals surface area contributed by atoms with Crippen LogP contribution >= 0.6 is 15.9 Å². The van der Waals surface area contributed by atoms with E-state index in [0.717, 1.165) is 12.1 Å². The predicted octanol–water partition coefficient (Wildman–Crippen LogP) is 1.56. The minimum atomic E-state index is -0.931. The lowest BCUT2D eigenvalue weighted by Gasteiger charge is -2.34. The van der Waals surface area contributed by atoms with Crippen LogP contribution in [0, 0.1) is 11.6 Å². The molecule has 0 aliphatic carbocycles. The summed E-state index contributed by atoms with van der Waals surface area (Å²) in [5.41, 5.74) is -0.608. The molecular formula is C12H12BrF2NO3. The van der Waals surface area contributed by atoms with Crippen molar-refractivity contribution in [3.8, 4) is 0 Å². The van der Waals surface area contributed by atoms with Crippen molar-refractivity contribution in [2.24, 2.45) is 0 Å². The number of hydrogen-bond acceptors (Lipinski definition) is 3. The van der Waals surface area contributed by atoms with Gasteiger partial charge in [0, 0.05) is 11.0 Å². The number of rotatable bonds is 2. The summed E-state index contributed by atoms with van der Waals surface area (Å²) < 4.78 is 32.8. The van der Waals surface area contributed by atoms with E-state index in [1.54, 1.807) is 0 Å². The highest BCUT2D eigenvalue weighted by atomic mass is 79.9. The average molecular weight is 336 g/mol. The lowest BCUT2D eigenvalue weighted by atomic mass is 10.1. The molecular weight excluding hydrogens is 324 g/mol. The Labute approximate surface area is 117 Å². The topological polar surface area (TPSA) is 49.8 Å². The lowest BCUT2D eigenvalue weighted by Crippen LogP contribution is -2.50. The van der Waals surface area contributed by atoms with E-state index in [4.69, 9.17) is 4.74 Å². The van der Waals surface area contributed by atoms with E-state index < -0.39 is 29.1 Å². The van der Waals surface area contributed by atoms with E-state index >= 15 is 0 Å². The quantitative estimate of drug-likeness (QED) is 0.892. The molecule has 1 unspecified atom stereocenters. The maximum atomic E-state index is 13.7. The van der Waals surface area contributed by atoms with E-state index in [0.29, 0.717) is 0 Å². The van der Waals surface area contributed by atoms with Gasteiger partial charge in [0.05, 0.1) is 25.9 Å². The van der Waals surface area contributed by atoms with Gasteiger partial charge in [0.15, 0.2) is 0 Å². The molecule has 1 amide bonds. The second-order valence-electron chi connectivity index (χ2n) is 4.15. The van der Waals surface area contributed by atoms with Crippen LogP contribution in [0.25, 0.3) is 0 Å². The largest absolute Gasteiger partial charge is 0.394 e. The molecule has 0 spiro atoms. The van der Waals surface area contributed by atoms with Gasteiger partial charge >= 0.3 is 0 Å². The number of morpholine rings is 1. The van der Waals surface area contributed by atoms with E-state index in [2.05, 4.69) is 15.9 Å². The normalized spacial score (nSPS) is 19.6. The number of aliphatic hydroxyl groups excluding tert-OH is 1. The number of benzene rings is 1. The predicted molar refractivity (Wildman–Crippen MR) is 66.8 cm³/mol. The lowest BCUT2D eigenvalue weighted by molar-refractivity contribution is -0.0188. The van der Waals surface area contributed by atoms with Crippen LogP contribution in [0.5, 0.6) is 0 Å². The van der Waals surface area contributed by atoms with E-state index in [1.165, 1.54) is 4.90 Å². The molecule has 1 saturated heterocycles. The summed E-state index contributed by atoms with van der Waals surface area (Å²) in [4.78, 5) is 13.4. The fraction of sp³-hybridized carbons (Fsp3) is 0.417. The first-order valence-electron chi connectivity index (χ1n) is 5.68.